The van der Waals surface area contributed by atoms with Crippen molar-refractivity contribution in [1.82, 2.24) is 14.9 Å². The number of ether oxygens (including phenoxy) is 1. The number of amides is 1. The van der Waals surface area contributed by atoms with Gasteiger partial charge in [-0.15, -0.1) is 22.7 Å². The molecule has 0 saturated carbocycles. The molecule has 0 spiro atoms. The van der Waals surface area contributed by atoms with Gasteiger partial charge in [-0.1, -0.05) is 6.92 Å². The van der Waals surface area contributed by atoms with Crippen molar-refractivity contribution in [2.45, 2.75) is 33.2 Å². The fourth-order valence-electron chi connectivity index (χ4n) is 2.56. The zero-order valence-electron chi connectivity index (χ0n) is 14.0. The van der Waals surface area contributed by atoms with Gasteiger partial charge in [-0.3, -0.25) is 15.0 Å². The highest BCUT2D eigenvalue weighted by atomic mass is 32.1. The number of aromatic nitrogens is 2. The summed E-state index contributed by atoms with van der Waals surface area (Å²) in [7, 11) is 0. The Bertz CT molecular complexity index is 692. The lowest BCUT2D eigenvalue weighted by atomic mass is 10.3. The van der Waals surface area contributed by atoms with Crippen LogP contribution in [0.3, 0.4) is 0 Å². The summed E-state index contributed by atoms with van der Waals surface area (Å²) in [4.78, 5) is 24.4. The summed E-state index contributed by atoms with van der Waals surface area (Å²) in [5.74, 6) is -0.111. The van der Waals surface area contributed by atoms with Gasteiger partial charge in [0, 0.05) is 25.0 Å². The van der Waals surface area contributed by atoms with E-state index in [1.807, 2.05) is 12.3 Å². The molecule has 1 saturated heterocycles. The molecular formula is C16H22N4O2S2. The van der Waals surface area contributed by atoms with Crippen molar-refractivity contribution in [3.8, 4) is 0 Å². The number of aryl methyl sites for hydroxylation is 2. The lowest BCUT2D eigenvalue weighted by Crippen LogP contribution is -2.35. The molecule has 0 bridgehead atoms. The Morgan fingerprint density at radius 2 is 2.17 bits per heavy atom. The Kier molecular flexibility index (Phi) is 5.94. The Morgan fingerprint density at radius 3 is 2.92 bits per heavy atom. The van der Waals surface area contributed by atoms with Crippen LogP contribution < -0.4 is 5.32 Å². The van der Waals surface area contributed by atoms with Gasteiger partial charge in [-0.2, -0.15) is 0 Å². The lowest BCUT2D eigenvalue weighted by molar-refractivity contribution is 0.0337. The number of morpholine rings is 1. The number of hydrogen-bond acceptors (Lipinski definition) is 7. The summed E-state index contributed by atoms with van der Waals surface area (Å²) in [6, 6.07) is 0. The third-order valence-electron chi connectivity index (χ3n) is 3.77. The lowest BCUT2D eigenvalue weighted by Gasteiger charge is -2.25. The van der Waals surface area contributed by atoms with Crippen LogP contribution >= 0.6 is 22.7 Å². The van der Waals surface area contributed by atoms with Crippen LogP contribution in [0.1, 0.15) is 39.4 Å². The molecule has 1 N–H and O–H groups in total. The summed E-state index contributed by atoms with van der Waals surface area (Å²) in [5.41, 5.74) is 1.79. The minimum atomic E-state index is -0.111. The van der Waals surface area contributed by atoms with E-state index in [0.717, 1.165) is 62.1 Å². The van der Waals surface area contributed by atoms with Gasteiger partial charge >= 0.3 is 0 Å². The van der Waals surface area contributed by atoms with Crippen molar-refractivity contribution in [2.75, 3.05) is 31.6 Å². The first-order valence-corrected chi connectivity index (χ1v) is 9.87. The zero-order chi connectivity index (χ0) is 16.9. The van der Waals surface area contributed by atoms with Gasteiger partial charge in [-0.25, -0.2) is 9.97 Å². The second-order valence-corrected chi connectivity index (χ2v) is 7.70. The van der Waals surface area contributed by atoms with Gasteiger partial charge in [0.15, 0.2) is 5.13 Å². The first-order valence-electron chi connectivity index (χ1n) is 8.18. The average Bonchev–Trinajstić information content (AvgIpc) is 3.15. The number of thiazole rings is 2. The van der Waals surface area contributed by atoms with Crippen molar-refractivity contribution in [3.05, 3.63) is 26.7 Å². The van der Waals surface area contributed by atoms with E-state index < -0.39 is 0 Å². The SMILES string of the molecule is CCCc1nc(C)c(C(=O)Nc2nc(CN3CCOCC3)cs2)s1. The fraction of sp³-hybridized carbons (Fsp3) is 0.562. The molecule has 3 rings (SSSR count). The molecule has 1 amide bonds. The van der Waals surface area contributed by atoms with Crippen LogP contribution in [0.4, 0.5) is 5.13 Å². The standard InChI is InChI=1S/C16H22N4O2S2/c1-3-4-13-17-11(2)14(24-13)15(21)19-16-18-12(10-23-16)9-20-5-7-22-8-6-20/h10H,3-9H2,1-2H3,(H,18,19,21). The molecule has 0 aromatic carbocycles. The van der Waals surface area contributed by atoms with Crippen molar-refractivity contribution in [1.29, 1.82) is 0 Å². The van der Waals surface area contributed by atoms with E-state index in [-0.39, 0.29) is 5.91 Å². The molecule has 24 heavy (non-hydrogen) atoms. The number of carbonyl (C=O) groups is 1. The molecule has 8 heteroatoms. The zero-order valence-corrected chi connectivity index (χ0v) is 15.6. The highest BCUT2D eigenvalue weighted by molar-refractivity contribution is 7.15. The highest BCUT2D eigenvalue weighted by Gasteiger charge is 2.17. The highest BCUT2D eigenvalue weighted by Crippen LogP contribution is 2.23. The third kappa shape index (κ3) is 4.38. The Hall–Kier alpha value is -1.35. The van der Waals surface area contributed by atoms with Gasteiger partial charge in [0.25, 0.3) is 5.91 Å². The molecule has 1 aliphatic rings. The first kappa shape index (κ1) is 17.5. The van der Waals surface area contributed by atoms with Crippen LogP contribution in [0.2, 0.25) is 0 Å². The Balaban J connectivity index is 1.60. The van der Waals surface area contributed by atoms with E-state index in [1.54, 1.807) is 0 Å². The molecule has 0 aliphatic carbocycles. The number of carbonyl (C=O) groups excluding carboxylic acids is 1. The van der Waals surface area contributed by atoms with Gasteiger partial charge in [0.2, 0.25) is 0 Å². The monoisotopic (exact) mass is 366 g/mol. The number of anilines is 1. The number of nitrogens with zero attached hydrogens (tertiary/aromatic N) is 3. The number of hydrogen-bond donors (Lipinski definition) is 1. The van der Waals surface area contributed by atoms with Crippen LogP contribution in [0, 0.1) is 6.92 Å². The summed E-state index contributed by atoms with van der Waals surface area (Å²) >= 11 is 2.95. The second-order valence-electron chi connectivity index (χ2n) is 5.76. The predicted molar refractivity (Wildman–Crippen MR) is 97.0 cm³/mol. The maximum Gasteiger partial charge on any atom is 0.269 e. The minimum absolute atomic E-state index is 0.111. The normalized spacial score (nSPS) is 15.6. The van der Waals surface area contributed by atoms with Gasteiger partial charge in [0.1, 0.15) is 4.88 Å². The molecule has 0 radical (unpaired) electrons. The fourth-order valence-corrected chi connectivity index (χ4v) is 4.32. The van der Waals surface area contributed by atoms with E-state index in [2.05, 4.69) is 27.1 Å². The maximum atomic E-state index is 12.5. The summed E-state index contributed by atoms with van der Waals surface area (Å²) in [6.45, 7) is 8.21. The molecule has 2 aromatic rings. The summed E-state index contributed by atoms with van der Waals surface area (Å²) < 4.78 is 5.35. The van der Waals surface area contributed by atoms with Crippen molar-refractivity contribution in [2.24, 2.45) is 0 Å². The first-order chi connectivity index (χ1) is 11.7. The van der Waals surface area contributed by atoms with Crippen LogP contribution in [-0.2, 0) is 17.7 Å². The molecule has 1 fully saturated rings. The third-order valence-corrected chi connectivity index (χ3v) is 5.80. The van der Waals surface area contributed by atoms with E-state index in [9.17, 15) is 4.79 Å². The maximum absolute atomic E-state index is 12.5. The van der Waals surface area contributed by atoms with Crippen molar-refractivity contribution >= 4 is 33.7 Å². The molecule has 2 aromatic heterocycles. The molecular weight excluding hydrogens is 344 g/mol. The average molecular weight is 367 g/mol. The van der Waals surface area contributed by atoms with Gasteiger partial charge in [0.05, 0.1) is 29.6 Å². The number of rotatable bonds is 6. The summed E-state index contributed by atoms with van der Waals surface area (Å²) in [5, 5.41) is 6.58. The van der Waals surface area contributed by atoms with E-state index in [0.29, 0.717) is 10.0 Å². The van der Waals surface area contributed by atoms with Crippen molar-refractivity contribution < 1.29 is 9.53 Å². The van der Waals surface area contributed by atoms with Crippen LogP contribution in [0.25, 0.3) is 0 Å². The van der Waals surface area contributed by atoms with E-state index in [1.165, 1.54) is 22.7 Å². The molecule has 6 nitrogen and oxygen atoms in total. The molecule has 130 valence electrons. The van der Waals surface area contributed by atoms with Crippen LogP contribution in [-0.4, -0.2) is 47.1 Å². The van der Waals surface area contributed by atoms with Crippen LogP contribution in [0.5, 0.6) is 0 Å². The molecule has 1 aliphatic heterocycles. The van der Waals surface area contributed by atoms with Gasteiger partial charge < -0.3 is 4.74 Å². The smallest absolute Gasteiger partial charge is 0.269 e. The largest absolute Gasteiger partial charge is 0.379 e. The topological polar surface area (TPSA) is 67.4 Å². The quantitative estimate of drug-likeness (QED) is 0.851. The van der Waals surface area contributed by atoms with E-state index >= 15 is 0 Å². The van der Waals surface area contributed by atoms with Crippen molar-refractivity contribution in [3.63, 3.8) is 0 Å². The number of nitrogens with one attached hydrogen (secondary N) is 1. The molecule has 0 atom stereocenters. The minimum Gasteiger partial charge on any atom is -0.379 e. The predicted octanol–water partition coefficient (Wildman–Crippen LogP) is 2.95. The Labute approximate surface area is 149 Å². The molecule has 3 heterocycles. The summed E-state index contributed by atoms with van der Waals surface area (Å²) in [6.07, 6.45) is 1.95. The van der Waals surface area contributed by atoms with Gasteiger partial charge in [-0.05, 0) is 19.8 Å². The Morgan fingerprint density at radius 1 is 1.38 bits per heavy atom. The second kappa shape index (κ2) is 8.15. The molecule has 0 unspecified atom stereocenters. The van der Waals surface area contributed by atoms with Crippen LogP contribution in [0.15, 0.2) is 5.38 Å². The van der Waals surface area contributed by atoms with E-state index in [4.69, 9.17) is 4.74 Å².